The van der Waals surface area contributed by atoms with Crippen LogP contribution in [0, 0.1) is 0 Å². The largest absolute Gasteiger partial charge is 0.491 e. The van der Waals surface area contributed by atoms with Gasteiger partial charge in [-0.25, -0.2) is 4.79 Å². The molecular formula is C15H20N2O2S. The van der Waals surface area contributed by atoms with Crippen LogP contribution in [0.25, 0.3) is 0 Å². The van der Waals surface area contributed by atoms with Crippen LogP contribution in [-0.4, -0.2) is 36.2 Å². The fraction of sp³-hybridized carbons (Fsp3) is 0.533. The molecule has 2 aliphatic rings. The summed E-state index contributed by atoms with van der Waals surface area (Å²) in [4.78, 5) is 11.9. The number of hydrogen-bond acceptors (Lipinski definition) is 3. The Morgan fingerprint density at radius 2 is 2.25 bits per heavy atom. The van der Waals surface area contributed by atoms with Crippen molar-refractivity contribution in [2.75, 3.05) is 19.4 Å². The summed E-state index contributed by atoms with van der Waals surface area (Å²) in [6.07, 6.45) is 5.35. The first-order chi connectivity index (χ1) is 9.71. The van der Waals surface area contributed by atoms with E-state index in [4.69, 9.17) is 4.74 Å². The predicted octanol–water partition coefficient (Wildman–Crippen LogP) is 2.18. The average molecular weight is 292 g/mol. The molecule has 1 aromatic rings. The van der Waals surface area contributed by atoms with Gasteiger partial charge < -0.3 is 15.4 Å². The van der Waals surface area contributed by atoms with E-state index in [2.05, 4.69) is 16.9 Å². The molecule has 0 saturated heterocycles. The molecule has 1 fully saturated rings. The Balaban J connectivity index is 1.48. The monoisotopic (exact) mass is 292 g/mol. The summed E-state index contributed by atoms with van der Waals surface area (Å²) in [6.45, 7) is 1.29. The molecule has 5 heteroatoms. The molecule has 0 spiro atoms. The second-order valence-electron chi connectivity index (χ2n) is 5.53. The minimum Gasteiger partial charge on any atom is -0.491 e. The second kappa shape index (κ2) is 5.56. The Morgan fingerprint density at radius 1 is 1.45 bits per heavy atom. The van der Waals surface area contributed by atoms with Crippen LogP contribution in [0.2, 0.25) is 0 Å². The molecule has 3 rings (SSSR count). The smallest absolute Gasteiger partial charge is 0.315 e. The standard InChI is InChI=1S/C15H20N2O2S/c1-20-15(6-7-15)10-16-14(18)17-12-8-11-4-2-3-5-13(11)19-9-12/h2-5,12H,6-10H2,1H3,(H2,16,17,18)/t12-/m1/s1. The lowest BCUT2D eigenvalue weighted by Crippen LogP contribution is -2.48. The number of hydrogen-bond donors (Lipinski definition) is 2. The van der Waals surface area contributed by atoms with Gasteiger partial charge in [-0.1, -0.05) is 18.2 Å². The first kappa shape index (κ1) is 13.6. The molecule has 2 amide bonds. The first-order valence-electron chi connectivity index (χ1n) is 7.01. The number of carbonyl (C=O) groups excluding carboxylic acids is 1. The van der Waals surface area contributed by atoms with Crippen LogP contribution >= 0.6 is 11.8 Å². The molecule has 1 atom stereocenters. The van der Waals surface area contributed by atoms with Crippen LogP contribution < -0.4 is 15.4 Å². The highest BCUT2D eigenvalue weighted by molar-refractivity contribution is 8.00. The second-order valence-corrected chi connectivity index (χ2v) is 6.81. The maximum atomic E-state index is 11.9. The van der Waals surface area contributed by atoms with E-state index < -0.39 is 0 Å². The summed E-state index contributed by atoms with van der Waals surface area (Å²) in [7, 11) is 0. The molecule has 20 heavy (non-hydrogen) atoms. The van der Waals surface area contributed by atoms with Crippen molar-refractivity contribution in [1.29, 1.82) is 0 Å². The lowest BCUT2D eigenvalue weighted by molar-refractivity contribution is 0.214. The fourth-order valence-corrected chi connectivity index (χ4v) is 3.22. The van der Waals surface area contributed by atoms with Crippen molar-refractivity contribution in [1.82, 2.24) is 10.6 Å². The van der Waals surface area contributed by atoms with Crippen LogP contribution in [0.5, 0.6) is 5.75 Å². The number of para-hydroxylation sites is 1. The number of ether oxygens (including phenoxy) is 1. The molecule has 1 aliphatic carbocycles. The Morgan fingerprint density at radius 3 is 3.00 bits per heavy atom. The summed E-state index contributed by atoms with van der Waals surface area (Å²) >= 11 is 1.85. The van der Waals surface area contributed by atoms with Gasteiger partial charge in [0.25, 0.3) is 0 Å². The molecule has 2 N–H and O–H groups in total. The molecule has 1 aromatic carbocycles. The average Bonchev–Trinajstić information content (AvgIpc) is 3.26. The topological polar surface area (TPSA) is 50.4 Å². The van der Waals surface area contributed by atoms with E-state index in [1.165, 1.54) is 12.8 Å². The third-order valence-corrected chi connectivity index (χ3v) is 5.44. The van der Waals surface area contributed by atoms with Crippen LogP contribution in [0.4, 0.5) is 4.79 Å². The summed E-state index contributed by atoms with van der Waals surface area (Å²) in [5.74, 6) is 0.935. The zero-order valence-electron chi connectivity index (χ0n) is 11.6. The fourth-order valence-electron chi connectivity index (χ4n) is 2.49. The van der Waals surface area contributed by atoms with Gasteiger partial charge in [0.05, 0.1) is 6.04 Å². The SMILES string of the molecule is CSC1(CNC(=O)N[C@H]2COc3ccccc3C2)CC1. The highest BCUT2D eigenvalue weighted by Gasteiger charge is 2.42. The van der Waals surface area contributed by atoms with Gasteiger partial charge in [-0.05, 0) is 37.1 Å². The van der Waals surface area contributed by atoms with Gasteiger partial charge >= 0.3 is 6.03 Å². The Labute approximate surface area is 123 Å². The summed E-state index contributed by atoms with van der Waals surface area (Å²) in [6, 6.07) is 7.96. The molecule has 1 aliphatic heterocycles. The number of thioether (sulfide) groups is 1. The predicted molar refractivity (Wildman–Crippen MR) is 81.4 cm³/mol. The van der Waals surface area contributed by atoms with Crippen LogP contribution in [0.15, 0.2) is 24.3 Å². The van der Waals surface area contributed by atoms with E-state index in [0.717, 1.165) is 24.3 Å². The van der Waals surface area contributed by atoms with Crippen molar-refractivity contribution in [3.8, 4) is 5.75 Å². The summed E-state index contributed by atoms with van der Waals surface area (Å²) in [5.41, 5.74) is 1.16. The van der Waals surface area contributed by atoms with Crippen LogP contribution in [0.1, 0.15) is 18.4 Å². The lowest BCUT2D eigenvalue weighted by atomic mass is 10.0. The van der Waals surface area contributed by atoms with Crippen molar-refractivity contribution in [2.24, 2.45) is 0 Å². The van der Waals surface area contributed by atoms with E-state index >= 15 is 0 Å². The normalized spacial score (nSPS) is 22.4. The van der Waals surface area contributed by atoms with Gasteiger partial charge in [0.15, 0.2) is 0 Å². The zero-order chi connectivity index (χ0) is 14.0. The summed E-state index contributed by atoms with van der Waals surface area (Å²) in [5, 5.41) is 5.98. The molecule has 108 valence electrons. The van der Waals surface area contributed by atoms with Crippen LogP contribution in [0.3, 0.4) is 0 Å². The summed E-state index contributed by atoms with van der Waals surface area (Å²) < 4.78 is 5.97. The third kappa shape index (κ3) is 3.03. The Kier molecular flexibility index (Phi) is 3.78. The minimum atomic E-state index is -0.0849. The number of benzene rings is 1. The van der Waals surface area contributed by atoms with Gasteiger partial charge in [-0.2, -0.15) is 11.8 Å². The molecule has 1 saturated carbocycles. The maximum absolute atomic E-state index is 11.9. The Hall–Kier alpha value is -1.36. The van der Waals surface area contributed by atoms with Crippen LogP contribution in [-0.2, 0) is 6.42 Å². The minimum absolute atomic E-state index is 0.0503. The van der Waals surface area contributed by atoms with E-state index in [-0.39, 0.29) is 12.1 Å². The number of fused-ring (bicyclic) bond motifs is 1. The van der Waals surface area contributed by atoms with Crippen molar-refractivity contribution in [2.45, 2.75) is 30.1 Å². The van der Waals surface area contributed by atoms with Crippen molar-refractivity contribution >= 4 is 17.8 Å². The quantitative estimate of drug-likeness (QED) is 0.894. The van der Waals surface area contributed by atoms with Gasteiger partial charge in [-0.15, -0.1) is 0 Å². The van der Waals surface area contributed by atoms with Gasteiger partial charge in [0, 0.05) is 11.3 Å². The number of nitrogens with one attached hydrogen (secondary N) is 2. The molecule has 0 aromatic heterocycles. The third-order valence-electron chi connectivity index (χ3n) is 4.03. The number of amides is 2. The van der Waals surface area contributed by atoms with Crippen molar-refractivity contribution in [3.05, 3.63) is 29.8 Å². The molecule has 0 bridgehead atoms. The zero-order valence-corrected chi connectivity index (χ0v) is 12.5. The van der Waals surface area contributed by atoms with Gasteiger partial charge in [-0.3, -0.25) is 0 Å². The Bertz CT molecular complexity index is 502. The maximum Gasteiger partial charge on any atom is 0.315 e. The van der Waals surface area contributed by atoms with Gasteiger partial charge in [0.2, 0.25) is 0 Å². The number of rotatable bonds is 4. The molecular weight excluding hydrogens is 272 g/mol. The first-order valence-corrected chi connectivity index (χ1v) is 8.23. The van der Waals surface area contributed by atoms with Crippen molar-refractivity contribution < 1.29 is 9.53 Å². The molecule has 0 radical (unpaired) electrons. The van der Waals surface area contributed by atoms with Crippen molar-refractivity contribution in [3.63, 3.8) is 0 Å². The van der Waals surface area contributed by atoms with E-state index in [1.54, 1.807) is 0 Å². The molecule has 1 heterocycles. The number of urea groups is 1. The highest BCUT2D eigenvalue weighted by Crippen LogP contribution is 2.46. The van der Waals surface area contributed by atoms with E-state index in [1.807, 2.05) is 36.0 Å². The lowest BCUT2D eigenvalue weighted by Gasteiger charge is -2.26. The molecule has 0 unspecified atom stereocenters. The highest BCUT2D eigenvalue weighted by atomic mass is 32.2. The number of carbonyl (C=O) groups is 1. The van der Waals surface area contributed by atoms with E-state index in [0.29, 0.717) is 11.4 Å². The van der Waals surface area contributed by atoms with Gasteiger partial charge in [0.1, 0.15) is 12.4 Å². The molecule has 4 nitrogen and oxygen atoms in total. The van der Waals surface area contributed by atoms with E-state index in [9.17, 15) is 4.79 Å².